The van der Waals surface area contributed by atoms with Crippen molar-refractivity contribution in [2.75, 3.05) is 0 Å². The Morgan fingerprint density at radius 2 is 1.03 bits per heavy atom. The number of allylic oxidation sites excluding steroid dienone is 2. The second kappa shape index (κ2) is 11.5. The van der Waals surface area contributed by atoms with Gasteiger partial charge in [-0.2, -0.15) is 0 Å². The number of hydrogen-bond donors (Lipinski definition) is 0. The van der Waals surface area contributed by atoms with Gasteiger partial charge in [0.25, 0.3) is 0 Å². The molecule has 0 N–H and O–H groups in total. The molecule has 0 amide bonds. The van der Waals surface area contributed by atoms with Crippen LogP contribution in [0.4, 0.5) is 0 Å². The molecule has 2 aliphatic carbocycles. The number of rotatable bonds is 4. The molecule has 0 saturated heterocycles. The molecular weight excluding hydrogens is 612 g/mol. The smallest absolute Gasteiger partial charge is 1.00 e. The molecule has 4 aromatic rings. The SMILES string of the molecule is CC1=Cc2ccc(-p3cccc3)cc2[C@@H]1[Zr+2]([C@H]1C(C)=Cc2ccc(-p3cccc3)cc21)=[Si](C)C.[Cl-].[Cl-]. The molecule has 0 aliphatic heterocycles. The summed E-state index contributed by atoms with van der Waals surface area (Å²) >= 11 is -1.97. The molecule has 0 fully saturated rings. The van der Waals surface area contributed by atoms with Crippen LogP contribution in [0.5, 0.6) is 0 Å². The molecule has 182 valence electrons. The van der Waals surface area contributed by atoms with Gasteiger partial charge in [0, 0.05) is 0 Å². The van der Waals surface area contributed by atoms with Crippen molar-refractivity contribution in [3.05, 3.63) is 117 Å². The van der Waals surface area contributed by atoms with Crippen molar-refractivity contribution < 1.29 is 45.2 Å². The Morgan fingerprint density at radius 3 is 1.39 bits per heavy atom. The quantitative estimate of drug-likeness (QED) is 0.294. The van der Waals surface area contributed by atoms with Gasteiger partial charge in [0.05, 0.1) is 0 Å². The van der Waals surface area contributed by atoms with E-state index in [1.54, 1.807) is 22.3 Å². The fourth-order valence-electron chi connectivity index (χ4n) is 5.94. The van der Waals surface area contributed by atoms with E-state index in [9.17, 15) is 0 Å². The average molecular weight is 643 g/mol. The summed E-state index contributed by atoms with van der Waals surface area (Å²) in [4.78, 5) is 0. The van der Waals surface area contributed by atoms with Crippen molar-refractivity contribution in [1.29, 1.82) is 0 Å². The number of hydrogen-bond acceptors (Lipinski definition) is 0. The van der Waals surface area contributed by atoms with Gasteiger partial charge in [0.1, 0.15) is 0 Å². The van der Waals surface area contributed by atoms with E-state index in [2.05, 4.69) is 123 Å². The predicted octanol–water partition coefficient (Wildman–Crippen LogP) is 4.13. The summed E-state index contributed by atoms with van der Waals surface area (Å²) < 4.78 is 1.43. The minimum absolute atomic E-state index is 0. The maximum absolute atomic E-state index is 2.63. The number of halogens is 2. The van der Waals surface area contributed by atoms with E-state index in [1.807, 2.05) is 0 Å². The average Bonchev–Trinajstić information content (AvgIpc) is 3.61. The van der Waals surface area contributed by atoms with Crippen molar-refractivity contribution in [2.45, 2.75) is 34.2 Å². The zero-order valence-electron chi connectivity index (χ0n) is 21.0. The van der Waals surface area contributed by atoms with Gasteiger partial charge in [0.2, 0.25) is 0 Å². The molecule has 0 spiro atoms. The Labute approximate surface area is 238 Å². The van der Waals surface area contributed by atoms with E-state index in [4.69, 9.17) is 0 Å². The Bertz CT molecular complexity index is 1390. The predicted molar refractivity (Wildman–Crippen MR) is 151 cm³/mol. The number of benzene rings is 2. The van der Waals surface area contributed by atoms with Crippen LogP contribution in [-0.2, 0) is 20.4 Å². The first-order valence-corrected chi connectivity index (χ1v) is 24.1. The monoisotopic (exact) mass is 640 g/mol. The molecule has 0 unspecified atom stereocenters. The van der Waals surface area contributed by atoms with E-state index < -0.39 is 20.4 Å². The molecule has 2 heterocycles. The van der Waals surface area contributed by atoms with Gasteiger partial charge in [-0.15, -0.1) is 0 Å². The zero-order valence-corrected chi connectivity index (χ0v) is 27.8. The van der Waals surface area contributed by atoms with Crippen LogP contribution < -0.4 is 24.8 Å². The molecule has 2 atom stereocenters. The van der Waals surface area contributed by atoms with E-state index >= 15 is 0 Å². The van der Waals surface area contributed by atoms with Crippen LogP contribution in [0.15, 0.2) is 95.0 Å². The van der Waals surface area contributed by atoms with Gasteiger partial charge < -0.3 is 24.8 Å². The first-order valence-electron chi connectivity index (χ1n) is 12.1. The summed E-state index contributed by atoms with van der Waals surface area (Å²) in [7, 11) is -0.524. The van der Waals surface area contributed by atoms with Crippen LogP contribution in [0.1, 0.15) is 43.4 Å². The van der Waals surface area contributed by atoms with Gasteiger partial charge in [-0.3, -0.25) is 0 Å². The van der Waals surface area contributed by atoms with E-state index in [-0.39, 0.29) is 45.3 Å². The molecule has 6 heteroatoms. The molecule has 0 bridgehead atoms. The van der Waals surface area contributed by atoms with Crippen molar-refractivity contribution in [2.24, 2.45) is 0 Å². The molecule has 0 radical (unpaired) electrons. The third-order valence-electron chi connectivity index (χ3n) is 7.44. The maximum atomic E-state index is 2.63. The van der Waals surface area contributed by atoms with E-state index in [0.717, 1.165) is 0 Å². The minimum atomic E-state index is -1.97. The maximum Gasteiger partial charge on any atom is -1.00 e. The van der Waals surface area contributed by atoms with Gasteiger partial charge >= 0.3 is 215 Å². The summed E-state index contributed by atoms with van der Waals surface area (Å²) in [5.74, 6) is 9.58. The van der Waals surface area contributed by atoms with E-state index in [1.165, 1.54) is 21.7 Å². The fourth-order valence-corrected chi connectivity index (χ4v) is 29.8. The second-order valence-electron chi connectivity index (χ2n) is 9.91. The van der Waals surface area contributed by atoms with Crippen LogP contribution in [0.2, 0.25) is 13.1 Å². The van der Waals surface area contributed by atoms with Crippen molar-refractivity contribution in [3.8, 4) is 10.6 Å². The summed E-state index contributed by atoms with van der Waals surface area (Å²) in [5.41, 5.74) is 9.21. The largest absolute Gasteiger partial charge is 1.00 e. The zero-order chi connectivity index (χ0) is 23.4. The Hall–Kier alpha value is -0.840. The molecule has 2 aromatic heterocycles. The van der Waals surface area contributed by atoms with Crippen LogP contribution in [0.25, 0.3) is 22.8 Å². The molecule has 0 nitrogen and oxygen atoms in total. The molecular formula is C30H30Cl2P2SiZr. The van der Waals surface area contributed by atoms with Crippen molar-refractivity contribution in [3.63, 3.8) is 0 Å². The molecule has 36 heavy (non-hydrogen) atoms. The van der Waals surface area contributed by atoms with Gasteiger partial charge in [-0.25, -0.2) is 0 Å². The molecule has 0 saturated carbocycles. The van der Waals surface area contributed by atoms with Crippen molar-refractivity contribution in [1.82, 2.24) is 0 Å². The summed E-state index contributed by atoms with van der Waals surface area (Å²) in [6, 6.07) is 23.7. The Balaban J connectivity index is 0.00000152. The van der Waals surface area contributed by atoms with Crippen LogP contribution in [0, 0.1) is 0 Å². The first kappa shape index (κ1) is 28.2. The van der Waals surface area contributed by atoms with Gasteiger partial charge in [-0.05, 0) is 0 Å². The van der Waals surface area contributed by atoms with Crippen LogP contribution >= 0.6 is 15.1 Å². The Morgan fingerprint density at radius 1 is 0.639 bits per heavy atom. The summed E-state index contributed by atoms with van der Waals surface area (Å²) in [6.07, 6.45) is 5.04. The normalized spacial score (nSPS) is 17.1. The first-order chi connectivity index (χ1) is 16.5. The molecule has 2 aliphatic rings. The third-order valence-corrected chi connectivity index (χ3v) is 31.1. The second-order valence-corrected chi connectivity index (χ2v) is 31.6. The van der Waals surface area contributed by atoms with Crippen molar-refractivity contribution >= 4 is 32.7 Å². The number of fused-ring (bicyclic) bond motifs is 2. The standard InChI is InChI=1S/2C14H12P.C2H6Si.2ClH.Zr/c2*1-11-8-12-4-5-14(10-13(12)9-11)15-6-2-3-7-15;1-3-2;;;/h2*2-10H,1H3;1-2H3;2*1H;/q;;;;;+2/p-2. The van der Waals surface area contributed by atoms with E-state index in [0.29, 0.717) is 7.25 Å². The summed E-state index contributed by atoms with van der Waals surface area (Å²) in [6.45, 7) is 10.1. The van der Waals surface area contributed by atoms with Gasteiger partial charge in [0.15, 0.2) is 0 Å². The topological polar surface area (TPSA) is 0 Å². The molecule has 6 rings (SSSR count). The summed E-state index contributed by atoms with van der Waals surface area (Å²) in [5, 5.41) is 3.05. The van der Waals surface area contributed by atoms with Gasteiger partial charge in [-0.1, -0.05) is 0 Å². The fraction of sp³-hybridized carbons (Fsp3) is 0.200. The third kappa shape index (κ3) is 4.96. The molecule has 2 aromatic carbocycles. The Kier molecular flexibility index (Phi) is 9.00. The minimum Gasteiger partial charge on any atom is -1.00 e. The van der Waals surface area contributed by atoms with Crippen LogP contribution in [0.3, 0.4) is 0 Å². The van der Waals surface area contributed by atoms with Crippen LogP contribution in [-0.4, -0.2) is 5.43 Å².